The summed E-state index contributed by atoms with van der Waals surface area (Å²) >= 11 is 0. The largest absolute Gasteiger partial charge is 0.340 e. The second kappa shape index (κ2) is 5.41. The fraction of sp³-hybridized carbons (Fsp3) is 0.818. The Morgan fingerprint density at radius 1 is 1.62 bits per heavy atom. The molecule has 0 radical (unpaired) electrons. The van der Waals surface area contributed by atoms with Crippen LogP contribution in [-0.4, -0.2) is 47.3 Å². The van der Waals surface area contributed by atoms with E-state index in [1.807, 2.05) is 0 Å². The van der Waals surface area contributed by atoms with Gasteiger partial charge >= 0.3 is 0 Å². The van der Waals surface area contributed by atoms with Crippen LogP contribution in [0.2, 0.25) is 0 Å². The second-order valence-corrected chi connectivity index (χ2v) is 4.59. The summed E-state index contributed by atoms with van der Waals surface area (Å²) in [6.45, 7) is 4.38. The first-order chi connectivity index (χ1) is 7.75. The molecule has 1 saturated heterocycles. The van der Waals surface area contributed by atoms with E-state index in [2.05, 4.69) is 34.3 Å². The Labute approximate surface area is 96.2 Å². The minimum Gasteiger partial charge on any atom is -0.340 e. The number of hydrogen-bond acceptors (Lipinski definition) is 5. The van der Waals surface area contributed by atoms with Crippen molar-refractivity contribution in [1.82, 2.24) is 20.4 Å². The molecule has 5 heteroatoms. The summed E-state index contributed by atoms with van der Waals surface area (Å²) < 4.78 is 4.95. The normalized spacial score (nSPS) is 27.1. The molecular weight excluding hydrogens is 204 g/mol. The van der Waals surface area contributed by atoms with E-state index in [0.29, 0.717) is 18.0 Å². The van der Waals surface area contributed by atoms with Crippen LogP contribution in [0.1, 0.15) is 25.7 Å². The van der Waals surface area contributed by atoms with Crippen molar-refractivity contribution in [3.8, 4) is 0 Å². The van der Waals surface area contributed by atoms with Gasteiger partial charge in [-0.1, -0.05) is 5.16 Å². The van der Waals surface area contributed by atoms with Gasteiger partial charge in [0.05, 0.1) is 0 Å². The van der Waals surface area contributed by atoms with Crippen LogP contribution in [0, 0.1) is 0 Å². The van der Waals surface area contributed by atoms with E-state index in [-0.39, 0.29) is 0 Å². The number of piperidine rings is 1. The zero-order chi connectivity index (χ0) is 11.4. The first kappa shape index (κ1) is 11.5. The summed E-state index contributed by atoms with van der Waals surface area (Å²) in [4.78, 5) is 6.41. The van der Waals surface area contributed by atoms with Crippen LogP contribution in [0.25, 0.3) is 0 Å². The van der Waals surface area contributed by atoms with E-state index >= 15 is 0 Å². The Kier molecular flexibility index (Phi) is 3.90. The predicted octanol–water partition coefficient (Wildman–Crippen LogP) is 0.684. The van der Waals surface area contributed by atoms with E-state index in [9.17, 15) is 0 Å². The molecule has 90 valence electrons. The Bertz CT molecular complexity index is 301. The molecule has 0 amide bonds. The van der Waals surface area contributed by atoms with Crippen LogP contribution in [0.3, 0.4) is 0 Å². The van der Waals surface area contributed by atoms with Gasteiger partial charge in [0, 0.05) is 25.0 Å². The lowest BCUT2D eigenvalue weighted by Crippen LogP contribution is -2.46. The molecule has 0 aromatic carbocycles. The zero-order valence-corrected chi connectivity index (χ0v) is 10.0. The van der Waals surface area contributed by atoms with Gasteiger partial charge < -0.3 is 14.7 Å². The van der Waals surface area contributed by atoms with E-state index in [1.54, 1.807) is 0 Å². The van der Waals surface area contributed by atoms with E-state index < -0.39 is 0 Å². The Balaban J connectivity index is 1.67. The topological polar surface area (TPSA) is 54.2 Å². The van der Waals surface area contributed by atoms with E-state index in [0.717, 1.165) is 13.0 Å². The SMILES string of the molecule is CC1CC(NCCc2ncno2)CCN1C. The average molecular weight is 224 g/mol. The van der Waals surface area contributed by atoms with Crippen molar-refractivity contribution in [1.29, 1.82) is 0 Å². The quantitative estimate of drug-likeness (QED) is 0.815. The first-order valence-corrected chi connectivity index (χ1v) is 5.95. The summed E-state index contributed by atoms with van der Waals surface area (Å²) in [6, 6.07) is 1.31. The number of rotatable bonds is 4. The third kappa shape index (κ3) is 3.02. The second-order valence-electron chi connectivity index (χ2n) is 4.59. The third-order valence-electron chi connectivity index (χ3n) is 3.39. The fourth-order valence-corrected chi connectivity index (χ4v) is 2.16. The number of nitrogens with one attached hydrogen (secondary N) is 1. The number of likely N-dealkylation sites (tertiary alicyclic amines) is 1. The highest BCUT2D eigenvalue weighted by atomic mass is 16.5. The van der Waals surface area contributed by atoms with Gasteiger partial charge in [0.25, 0.3) is 0 Å². The van der Waals surface area contributed by atoms with Crippen LogP contribution < -0.4 is 5.32 Å². The highest BCUT2D eigenvalue weighted by Crippen LogP contribution is 2.14. The number of hydrogen-bond donors (Lipinski definition) is 1. The maximum Gasteiger partial charge on any atom is 0.227 e. The molecule has 0 aliphatic carbocycles. The van der Waals surface area contributed by atoms with Gasteiger partial charge in [0.2, 0.25) is 5.89 Å². The van der Waals surface area contributed by atoms with Gasteiger partial charge in [-0.05, 0) is 33.4 Å². The van der Waals surface area contributed by atoms with Crippen LogP contribution >= 0.6 is 0 Å². The zero-order valence-electron chi connectivity index (χ0n) is 10.0. The van der Waals surface area contributed by atoms with Crippen LogP contribution in [0.4, 0.5) is 0 Å². The van der Waals surface area contributed by atoms with Gasteiger partial charge in [0.15, 0.2) is 6.33 Å². The molecule has 0 saturated carbocycles. The minimum absolute atomic E-state index is 0.633. The van der Waals surface area contributed by atoms with Crippen LogP contribution in [0.15, 0.2) is 10.9 Å². The standard InChI is InChI=1S/C11H20N4O/c1-9-7-10(4-6-15(9)2)12-5-3-11-13-8-14-16-11/h8-10,12H,3-7H2,1-2H3. The summed E-state index contributed by atoms with van der Waals surface area (Å²) in [5.74, 6) is 0.716. The Morgan fingerprint density at radius 3 is 3.19 bits per heavy atom. The van der Waals surface area contributed by atoms with Crippen molar-refractivity contribution in [2.75, 3.05) is 20.1 Å². The lowest BCUT2D eigenvalue weighted by molar-refractivity contribution is 0.168. The van der Waals surface area contributed by atoms with Crippen molar-refractivity contribution >= 4 is 0 Å². The Morgan fingerprint density at radius 2 is 2.50 bits per heavy atom. The summed E-state index contributed by atoms with van der Waals surface area (Å²) in [6.07, 6.45) is 4.72. The maximum absolute atomic E-state index is 4.95. The van der Waals surface area contributed by atoms with Crippen molar-refractivity contribution < 1.29 is 4.52 Å². The lowest BCUT2D eigenvalue weighted by Gasteiger charge is -2.35. The summed E-state index contributed by atoms with van der Waals surface area (Å²) in [5.41, 5.74) is 0. The molecule has 16 heavy (non-hydrogen) atoms. The van der Waals surface area contributed by atoms with Crippen molar-refractivity contribution in [3.05, 3.63) is 12.2 Å². The van der Waals surface area contributed by atoms with Gasteiger partial charge in [-0.15, -0.1) is 0 Å². The highest BCUT2D eigenvalue weighted by Gasteiger charge is 2.21. The molecule has 1 aliphatic rings. The number of aromatic nitrogens is 2. The lowest BCUT2D eigenvalue weighted by atomic mass is 9.99. The molecule has 1 fully saturated rings. The molecule has 1 aromatic rings. The monoisotopic (exact) mass is 224 g/mol. The molecule has 1 aliphatic heterocycles. The molecule has 2 rings (SSSR count). The van der Waals surface area contributed by atoms with E-state index in [1.165, 1.54) is 25.7 Å². The Hall–Kier alpha value is -0.940. The van der Waals surface area contributed by atoms with Gasteiger partial charge in [-0.2, -0.15) is 4.98 Å². The smallest absolute Gasteiger partial charge is 0.227 e. The molecule has 1 N–H and O–H groups in total. The maximum atomic E-state index is 4.95. The number of nitrogens with zero attached hydrogens (tertiary/aromatic N) is 3. The highest BCUT2D eigenvalue weighted by molar-refractivity contribution is 4.83. The molecule has 2 heterocycles. The summed E-state index contributed by atoms with van der Waals surface area (Å²) in [7, 11) is 2.19. The summed E-state index contributed by atoms with van der Waals surface area (Å²) in [5, 5.41) is 7.15. The molecule has 0 spiro atoms. The molecular formula is C11H20N4O. The van der Waals surface area contributed by atoms with Crippen LogP contribution in [0.5, 0.6) is 0 Å². The van der Waals surface area contributed by atoms with Crippen molar-refractivity contribution in [2.24, 2.45) is 0 Å². The molecule has 2 atom stereocenters. The molecule has 5 nitrogen and oxygen atoms in total. The van der Waals surface area contributed by atoms with Gasteiger partial charge in [-0.3, -0.25) is 0 Å². The third-order valence-corrected chi connectivity index (χ3v) is 3.39. The van der Waals surface area contributed by atoms with Crippen LogP contribution in [-0.2, 0) is 6.42 Å². The van der Waals surface area contributed by atoms with Crippen molar-refractivity contribution in [3.63, 3.8) is 0 Å². The van der Waals surface area contributed by atoms with Gasteiger partial charge in [-0.25, -0.2) is 0 Å². The van der Waals surface area contributed by atoms with Gasteiger partial charge in [0.1, 0.15) is 0 Å². The minimum atomic E-state index is 0.633. The predicted molar refractivity (Wildman–Crippen MR) is 61.1 cm³/mol. The fourth-order valence-electron chi connectivity index (χ4n) is 2.16. The van der Waals surface area contributed by atoms with E-state index in [4.69, 9.17) is 4.52 Å². The van der Waals surface area contributed by atoms with Crippen molar-refractivity contribution in [2.45, 2.75) is 38.3 Å². The average Bonchev–Trinajstić information content (AvgIpc) is 2.76. The molecule has 1 aromatic heterocycles. The molecule has 2 unspecified atom stereocenters. The first-order valence-electron chi connectivity index (χ1n) is 5.95. The molecule has 0 bridgehead atoms.